The van der Waals surface area contributed by atoms with Crippen molar-refractivity contribution < 1.29 is 9.59 Å². The number of nitrogens with one attached hydrogen (secondary N) is 4. The number of aromatic amines is 1. The van der Waals surface area contributed by atoms with Crippen molar-refractivity contribution in [1.82, 2.24) is 35.1 Å². The zero-order chi connectivity index (χ0) is 25.6. The molecule has 1 saturated carbocycles. The van der Waals surface area contributed by atoms with Gasteiger partial charge in [0.25, 0.3) is 5.91 Å². The molecule has 5 aromatic rings. The average molecular weight is 506 g/mol. The molecular weight excluding hydrogens is 482 g/mol. The van der Waals surface area contributed by atoms with Crippen molar-refractivity contribution in [3.05, 3.63) is 71.6 Å². The van der Waals surface area contributed by atoms with E-state index in [1.807, 2.05) is 24.4 Å². The molecule has 0 spiro atoms. The number of benzene rings is 2. The summed E-state index contributed by atoms with van der Waals surface area (Å²) in [6.45, 7) is 0.500. The predicted molar refractivity (Wildman–Crippen MR) is 142 cm³/mol. The third kappa shape index (κ3) is 4.13. The molecule has 2 aromatic carbocycles. The molecule has 188 valence electrons. The van der Waals surface area contributed by atoms with Crippen molar-refractivity contribution in [2.45, 2.75) is 31.8 Å². The van der Waals surface area contributed by atoms with Crippen LogP contribution in [0.15, 0.2) is 60.4 Å². The Bertz CT molecular complexity index is 1760. The van der Waals surface area contributed by atoms with E-state index in [-0.39, 0.29) is 18.2 Å². The first-order valence-electron chi connectivity index (χ1n) is 12.4. The maximum atomic E-state index is 12.1. The van der Waals surface area contributed by atoms with Crippen LogP contribution in [0.25, 0.3) is 33.8 Å². The van der Waals surface area contributed by atoms with Gasteiger partial charge >= 0.3 is 0 Å². The van der Waals surface area contributed by atoms with Crippen LogP contribution in [0.2, 0.25) is 0 Å². The van der Waals surface area contributed by atoms with Gasteiger partial charge in [0.05, 0.1) is 24.3 Å². The lowest BCUT2D eigenvalue weighted by Crippen LogP contribution is -2.19. The molecule has 2 amide bonds. The van der Waals surface area contributed by atoms with Crippen LogP contribution in [-0.2, 0) is 16.1 Å². The summed E-state index contributed by atoms with van der Waals surface area (Å²) in [6, 6.07) is 14.8. The highest BCUT2D eigenvalue weighted by Gasteiger charge is 2.26. The second-order valence-electron chi connectivity index (χ2n) is 9.53. The van der Waals surface area contributed by atoms with Gasteiger partial charge in [-0.1, -0.05) is 30.3 Å². The van der Waals surface area contributed by atoms with Crippen LogP contribution in [-0.4, -0.2) is 47.6 Å². The van der Waals surface area contributed by atoms with E-state index in [2.05, 4.69) is 55.5 Å². The van der Waals surface area contributed by atoms with Crippen LogP contribution in [0.1, 0.15) is 30.4 Å². The summed E-state index contributed by atoms with van der Waals surface area (Å²) in [5.41, 5.74) is 5.86. The fraction of sp³-hybridized carbons (Fsp3) is 0.185. The van der Waals surface area contributed by atoms with Crippen molar-refractivity contribution in [3.8, 4) is 11.1 Å². The van der Waals surface area contributed by atoms with Gasteiger partial charge in [-0.15, -0.1) is 0 Å². The number of carbonyl (C=O) groups is 2. The zero-order valence-electron chi connectivity index (χ0n) is 20.2. The van der Waals surface area contributed by atoms with E-state index in [0.717, 1.165) is 40.4 Å². The summed E-state index contributed by atoms with van der Waals surface area (Å²) >= 11 is 0. The van der Waals surface area contributed by atoms with E-state index < -0.39 is 0 Å². The molecule has 3 aromatic heterocycles. The summed E-state index contributed by atoms with van der Waals surface area (Å²) in [6.07, 6.45) is 7.31. The second-order valence-corrected chi connectivity index (χ2v) is 9.53. The quantitative estimate of drug-likeness (QED) is 0.195. The van der Waals surface area contributed by atoms with Gasteiger partial charge in [-0.3, -0.25) is 20.0 Å². The van der Waals surface area contributed by atoms with Gasteiger partial charge in [-0.2, -0.15) is 24.7 Å². The first-order valence-corrected chi connectivity index (χ1v) is 12.4. The molecule has 0 unspecified atom stereocenters. The predicted octanol–water partition coefficient (Wildman–Crippen LogP) is 3.28. The van der Waals surface area contributed by atoms with Gasteiger partial charge in [0, 0.05) is 29.1 Å². The number of nitrogens with zero attached hydrogens (tertiary/aromatic N) is 5. The molecule has 1 saturated heterocycles. The summed E-state index contributed by atoms with van der Waals surface area (Å²) in [5.74, 6) is 0.322. The SMILES string of the molecule is O=C1C/C(=C\c2cnn3c(NC4CC4)nc(NCc4ccccc4-c4ccc5[nH]ncc5c4)nc23)C(=O)N1. The van der Waals surface area contributed by atoms with Crippen LogP contribution >= 0.6 is 0 Å². The number of H-pyrrole nitrogens is 1. The monoisotopic (exact) mass is 505 g/mol. The Hall–Kier alpha value is -5.06. The molecule has 7 rings (SSSR count). The summed E-state index contributed by atoms with van der Waals surface area (Å²) in [7, 11) is 0. The molecule has 38 heavy (non-hydrogen) atoms. The zero-order valence-corrected chi connectivity index (χ0v) is 20.2. The summed E-state index contributed by atoms with van der Waals surface area (Å²) < 4.78 is 1.64. The number of aromatic nitrogens is 6. The minimum Gasteiger partial charge on any atom is -0.351 e. The highest BCUT2D eigenvalue weighted by atomic mass is 16.2. The number of anilines is 2. The molecule has 0 atom stereocenters. The van der Waals surface area contributed by atoms with Crippen molar-refractivity contribution in [2.24, 2.45) is 0 Å². The topological polar surface area (TPSA) is 142 Å². The van der Waals surface area contributed by atoms with E-state index in [9.17, 15) is 9.59 Å². The average Bonchev–Trinajstić information content (AvgIpc) is 3.30. The standard InChI is InChI=1S/C27H23N9O2/c37-23-11-17(25(38)32-23)10-19-14-30-36-24(19)33-26(34-27(36)31-20-6-7-20)28-12-16-3-1-2-4-21(16)15-5-8-22-18(9-15)13-29-35-22/h1-5,8-10,13-14,20H,6-7,11-12H2,(H,29,35)(H,32,37,38)(H2,28,31,33,34)/b17-10+. The largest absolute Gasteiger partial charge is 0.351 e. The van der Waals surface area contributed by atoms with E-state index in [0.29, 0.717) is 41.3 Å². The minimum absolute atomic E-state index is 0.0426. The molecule has 1 aliphatic heterocycles. The summed E-state index contributed by atoms with van der Waals surface area (Å²) in [4.78, 5) is 33.2. The number of fused-ring (bicyclic) bond motifs is 2. The minimum atomic E-state index is -0.386. The van der Waals surface area contributed by atoms with Gasteiger partial charge in [0.1, 0.15) is 0 Å². The maximum Gasteiger partial charge on any atom is 0.254 e. The third-order valence-corrected chi connectivity index (χ3v) is 6.74. The normalized spacial score (nSPS) is 16.5. The Kier molecular flexibility index (Phi) is 5.13. The first kappa shape index (κ1) is 22.2. The van der Waals surface area contributed by atoms with Gasteiger partial charge in [-0.05, 0) is 47.7 Å². The molecular formula is C27H23N9O2. The van der Waals surface area contributed by atoms with Crippen LogP contribution in [0, 0.1) is 0 Å². The second kappa shape index (κ2) is 8.80. The third-order valence-electron chi connectivity index (χ3n) is 6.74. The Labute approximate surface area is 216 Å². The Morgan fingerprint density at radius 3 is 2.82 bits per heavy atom. The van der Waals surface area contributed by atoms with Crippen LogP contribution in [0.3, 0.4) is 0 Å². The lowest BCUT2D eigenvalue weighted by molar-refractivity contribution is -0.124. The number of carbonyl (C=O) groups excluding carboxylic acids is 2. The van der Waals surface area contributed by atoms with Crippen molar-refractivity contribution in [3.63, 3.8) is 0 Å². The van der Waals surface area contributed by atoms with E-state index in [1.165, 1.54) is 0 Å². The fourth-order valence-corrected chi connectivity index (χ4v) is 4.63. The number of hydrogen-bond donors (Lipinski definition) is 4. The number of hydrogen-bond acceptors (Lipinski definition) is 8. The molecule has 0 bridgehead atoms. The first-order chi connectivity index (χ1) is 18.6. The van der Waals surface area contributed by atoms with Crippen molar-refractivity contribution >= 4 is 46.3 Å². The lowest BCUT2D eigenvalue weighted by Gasteiger charge is -2.13. The molecule has 4 heterocycles. The molecule has 1 aliphatic carbocycles. The molecule has 2 fully saturated rings. The molecule has 11 nitrogen and oxygen atoms in total. The lowest BCUT2D eigenvalue weighted by atomic mass is 9.98. The van der Waals surface area contributed by atoms with E-state index in [4.69, 9.17) is 9.97 Å². The number of amides is 2. The molecule has 0 radical (unpaired) electrons. The number of rotatable bonds is 7. The molecule has 11 heteroatoms. The summed E-state index contributed by atoms with van der Waals surface area (Å²) in [5, 5.41) is 21.7. The fourth-order valence-electron chi connectivity index (χ4n) is 4.63. The Morgan fingerprint density at radius 1 is 1.08 bits per heavy atom. The van der Waals surface area contributed by atoms with E-state index in [1.54, 1.807) is 16.8 Å². The van der Waals surface area contributed by atoms with Crippen molar-refractivity contribution in [1.29, 1.82) is 0 Å². The highest BCUT2D eigenvalue weighted by Crippen LogP contribution is 2.29. The van der Waals surface area contributed by atoms with Gasteiger partial charge in [0.15, 0.2) is 5.65 Å². The highest BCUT2D eigenvalue weighted by molar-refractivity contribution is 6.15. The van der Waals surface area contributed by atoms with Crippen LogP contribution < -0.4 is 16.0 Å². The van der Waals surface area contributed by atoms with Crippen LogP contribution in [0.5, 0.6) is 0 Å². The smallest absolute Gasteiger partial charge is 0.254 e. The number of imide groups is 1. The molecule has 2 aliphatic rings. The maximum absolute atomic E-state index is 12.1. The molecule has 4 N–H and O–H groups in total. The van der Waals surface area contributed by atoms with E-state index >= 15 is 0 Å². The Balaban J connectivity index is 1.22. The van der Waals surface area contributed by atoms with Crippen LogP contribution in [0.4, 0.5) is 11.9 Å². The van der Waals surface area contributed by atoms with Crippen molar-refractivity contribution in [2.75, 3.05) is 10.6 Å². The Morgan fingerprint density at radius 2 is 1.97 bits per heavy atom. The van der Waals surface area contributed by atoms with Gasteiger partial charge in [-0.25, -0.2) is 0 Å². The van der Waals surface area contributed by atoms with Gasteiger partial charge < -0.3 is 10.6 Å². The van der Waals surface area contributed by atoms with Gasteiger partial charge in [0.2, 0.25) is 17.8 Å².